The molecule has 0 radical (unpaired) electrons. The lowest BCUT2D eigenvalue weighted by atomic mass is 10.0. The highest BCUT2D eigenvalue weighted by molar-refractivity contribution is 5.71. The van der Waals surface area contributed by atoms with Gasteiger partial charge in [-0.15, -0.1) is 0 Å². The SMILES string of the molecule is CC/C=C\C/C=C\C/C=C\C/C=C\C/C=C\C/C=C\C/C=C\CCCCCC(=O)OC(COC(=O)CCCCCCCCCCCCC)COC(=O)CCCCCCCCCCCCC/C=C\C/C=C\C/C=C\C/C=C\C/C=C\CC. The molecule has 0 saturated heterocycles. The lowest BCUT2D eigenvalue weighted by molar-refractivity contribution is -0.167. The van der Waals surface area contributed by atoms with E-state index in [0.29, 0.717) is 12.8 Å². The summed E-state index contributed by atoms with van der Waals surface area (Å²) in [6, 6.07) is 0. The maximum atomic E-state index is 12.9. The van der Waals surface area contributed by atoms with E-state index in [9.17, 15) is 14.4 Å². The van der Waals surface area contributed by atoms with Crippen LogP contribution in [-0.4, -0.2) is 37.2 Å². The lowest BCUT2D eigenvalue weighted by Gasteiger charge is -2.18. The zero-order valence-corrected chi connectivity index (χ0v) is 52.5. The lowest BCUT2D eigenvalue weighted by Crippen LogP contribution is -2.30. The van der Waals surface area contributed by atoms with Gasteiger partial charge in [0.1, 0.15) is 13.2 Å². The molecule has 6 nitrogen and oxygen atoms in total. The summed E-state index contributed by atoms with van der Waals surface area (Å²) in [6.45, 7) is 6.39. The largest absolute Gasteiger partial charge is 0.462 e. The molecule has 0 aliphatic heterocycles. The first-order valence-corrected chi connectivity index (χ1v) is 33.3. The van der Waals surface area contributed by atoms with Crippen molar-refractivity contribution >= 4 is 17.9 Å². The molecule has 0 aromatic carbocycles. The summed E-state index contributed by atoms with van der Waals surface area (Å²) < 4.78 is 16.9. The Kier molecular flexibility index (Phi) is 63.9. The van der Waals surface area contributed by atoms with Gasteiger partial charge in [-0.3, -0.25) is 14.4 Å². The van der Waals surface area contributed by atoms with Gasteiger partial charge in [-0.2, -0.15) is 0 Å². The van der Waals surface area contributed by atoms with Crippen molar-refractivity contribution in [1.82, 2.24) is 0 Å². The van der Waals surface area contributed by atoms with Crippen LogP contribution in [0, 0.1) is 0 Å². The minimum absolute atomic E-state index is 0.0947. The van der Waals surface area contributed by atoms with Crippen LogP contribution < -0.4 is 0 Å². The molecular weight excluding hydrogens is 997 g/mol. The van der Waals surface area contributed by atoms with Crippen LogP contribution in [0.3, 0.4) is 0 Å². The summed E-state index contributed by atoms with van der Waals surface area (Å²) in [7, 11) is 0. The van der Waals surface area contributed by atoms with Crippen LogP contribution >= 0.6 is 0 Å². The first-order valence-electron chi connectivity index (χ1n) is 33.3. The van der Waals surface area contributed by atoms with Gasteiger partial charge in [0.15, 0.2) is 6.10 Å². The molecule has 0 spiro atoms. The second-order valence-corrected chi connectivity index (χ2v) is 21.6. The van der Waals surface area contributed by atoms with E-state index in [1.54, 1.807) is 0 Å². The molecule has 6 heteroatoms. The maximum absolute atomic E-state index is 12.9. The zero-order valence-electron chi connectivity index (χ0n) is 52.5. The van der Waals surface area contributed by atoms with Crippen LogP contribution in [-0.2, 0) is 28.6 Å². The van der Waals surface area contributed by atoms with Gasteiger partial charge in [-0.1, -0.05) is 295 Å². The minimum Gasteiger partial charge on any atom is -0.462 e. The van der Waals surface area contributed by atoms with Gasteiger partial charge in [0.25, 0.3) is 0 Å². The molecule has 0 amide bonds. The van der Waals surface area contributed by atoms with E-state index in [-0.39, 0.29) is 37.5 Å². The number of carbonyl (C=O) groups is 3. The van der Waals surface area contributed by atoms with E-state index in [1.807, 2.05) is 0 Å². The Morgan fingerprint density at radius 2 is 0.481 bits per heavy atom. The van der Waals surface area contributed by atoms with Crippen molar-refractivity contribution in [2.75, 3.05) is 13.2 Å². The van der Waals surface area contributed by atoms with Gasteiger partial charge in [-0.25, -0.2) is 0 Å². The second kappa shape index (κ2) is 67.8. The predicted molar refractivity (Wildman–Crippen MR) is 352 cm³/mol. The molecule has 458 valence electrons. The van der Waals surface area contributed by atoms with Crippen LogP contribution in [0.2, 0.25) is 0 Å². The normalized spacial score (nSPS) is 13.1. The third kappa shape index (κ3) is 66.0. The highest BCUT2D eigenvalue weighted by atomic mass is 16.6. The van der Waals surface area contributed by atoms with Crippen LogP contribution in [0.1, 0.15) is 290 Å². The predicted octanol–water partition coefficient (Wildman–Crippen LogP) is 23.1. The summed E-state index contributed by atoms with van der Waals surface area (Å²) in [4.78, 5) is 38.3. The fourth-order valence-electron chi connectivity index (χ4n) is 8.92. The van der Waals surface area contributed by atoms with E-state index in [4.69, 9.17) is 14.2 Å². The van der Waals surface area contributed by atoms with Crippen molar-refractivity contribution < 1.29 is 28.6 Å². The molecule has 0 N–H and O–H groups in total. The topological polar surface area (TPSA) is 78.9 Å². The summed E-state index contributed by atoms with van der Waals surface area (Å²) in [5, 5.41) is 0. The summed E-state index contributed by atoms with van der Waals surface area (Å²) in [6.07, 6.45) is 97.2. The van der Waals surface area contributed by atoms with Crippen molar-refractivity contribution in [3.05, 3.63) is 146 Å². The van der Waals surface area contributed by atoms with Crippen molar-refractivity contribution in [1.29, 1.82) is 0 Å². The Balaban J connectivity index is 4.36. The van der Waals surface area contributed by atoms with Crippen molar-refractivity contribution in [2.45, 2.75) is 297 Å². The zero-order chi connectivity index (χ0) is 58.5. The van der Waals surface area contributed by atoms with E-state index in [0.717, 1.165) is 141 Å². The minimum atomic E-state index is -0.802. The highest BCUT2D eigenvalue weighted by Crippen LogP contribution is 2.16. The van der Waals surface area contributed by atoms with Crippen LogP contribution in [0.5, 0.6) is 0 Å². The molecule has 1 unspecified atom stereocenters. The van der Waals surface area contributed by atoms with Crippen molar-refractivity contribution in [3.63, 3.8) is 0 Å². The maximum Gasteiger partial charge on any atom is 0.306 e. The summed E-state index contributed by atoms with van der Waals surface area (Å²) in [5.74, 6) is -0.929. The Morgan fingerprint density at radius 1 is 0.259 bits per heavy atom. The van der Waals surface area contributed by atoms with E-state index in [2.05, 4.69) is 167 Å². The molecule has 0 aromatic rings. The fourth-order valence-corrected chi connectivity index (χ4v) is 8.92. The number of hydrogen-bond donors (Lipinski definition) is 0. The average Bonchev–Trinajstić information content (AvgIpc) is 3.47. The van der Waals surface area contributed by atoms with Gasteiger partial charge in [0.2, 0.25) is 0 Å². The number of ether oxygens (including phenoxy) is 3. The standard InChI is InChI=1S/C75H122O6/c1-4-7-10-13-16-19-22-24-26-28-30-32-34-36-37-39-40-42-44-46-48-50-53-56-59-62-65-68-74(77)80-71-72(70-79-73(76)67-64-61-58-55-52-21-18-15-12-9-6-3)81-75(78)69-66-63-60-57-54-51-49-47-45-43-41-38-35-33-31-29-27-25-23-20-17-14-11-8-5-2/h7-8,10-11,16-17,19-20,24-27,30-33,36-38,41,45,47,51,54,72H,4-6,9,12-15,18,21-23,28-29,34-35,39-40,42-44,46,48-50,52-53,55-71H2,1-3H3/b10-7-,11-8-,19-16-,20-17-,26-24-,27-25-,32-30-,33-31-,37-36-,41-38-,47-45-,54-51-. The molecule has 0 saturated carbocycles. The molecular formula is C75H122O6. The second-order valence-electron chi connectivity index (χ2n) is 21.6. The first kappa shape index (κ1) is 76.3. The molecule has 0 rings (SSSR count). The van der Waals surface area contributed by atoms with E-state index in [1.165, 1.54) is 109 Å². The summed E-state index contributed by atoms with van der Waals surface area (Å²) >= 11 is 0. The molecule has 81 heavy (non-hydrogen) atoms. The van der Waals surface area contributed by atoms with Crippen molar-refractivity contribution in [2.24, 2.45) is 0 Å². The van der Waals surface area contributed by atoms with Gasteiger partial charge in [-0.05, 0) is 122 Å². The first-order chi connectivity index (χ1) is 40.0. The fraction of sp³-hybridized carbons (Fsp3) is 0.640. The molecule has 1 atom stereocenters. The molecule has 0 fully saturated rings. The quantitative estimate of drug-likeness (QED) is 0.0261. The number of carbonyl (C=O) groups excluding carboxylic acids is 3. The number of allylic oxidation sites excluding steroid dienone is 24. The monoisotopic (exact) mass is 1120 g/mol. The molecule has 0 aliphatic rings. The van der Waals surface area contributed by atoms with Gasteiger partial charge < -0.3 is 14.2 Å². The molecule has 0 heterocycles. The summed E-state index contributed by atoms with van der Waals surface area (Å²) in [5.41, 5.74) is 0. The van der Waals surface area contributed by atoms with Gasteiger partial charge >= 0.3 is 17.9 Å². The number of rotatable bonds is 59. The van der Waals surface area contributed by atoms with E-state index < -0.39 is 6.10 Å². The number of esters is 3. The molecule has 0 bridgehead atoms. The number of unbranched alkanes of at least 4 members (excludes halogenated alkanes) is 24. The number of hydrogen-bond acceptors (Lipinski definition) is 6. The van der Waals surface area contributed by atoms with Crippen LogP contribution in [0.4, 0.5) is 0 Å². The van der Waals surface area contributed by atoms with Crippen LogP contribution in [0.25, 0.3) is 0 Å². The Morgan fingerprint density at radius 3 is 0.765 bits per heavy atom. The smallest absolute Gasteiger partial charge is 0.306 e. The van der Waals surface area contributed by atoms with E-state index >= 15 is 0 Å². The molecule has 0 aromatic heterocycles. The van der Waals surface area contributed by atoms with Crippen LogP contribution in [0.15, 0.2) is 146 Å². The van der Waals surface area contributed by atoms with Crippen molar-refractivity contribution in [3.8, 4) is 0 Å². The Hall–Kier alpha value is -4.71. The van der Waals surface area contributed by atoms with Gasteiger partial charge in [0.05, 0.1) is 0 Å². The third-order valence-corrected chi connectivity index (χ3v) is 13.8. The average molecular weight is 1120 g/mol. The highest BCUT2D eigenvalue weighted by Gasteiger charge is 2.19. The third-order valence-electron chi connectivity index (χ3n) is 13.8. The molecule has 0 aliphatic carbocycles. The van der Waals surface area contributed by atoms with Gasteiger partial charge in [0, 0.05) is 19.3 Å². The Bertz CT molecular complexity index is 1760. The Labute approximate surface area is 499 Å².